The molecule has 3 aliphatic carbocycles. The van der Waals surface area contributed by atoms with E-state index in [1.165, 1.54) is 18.6 Å². The van der Waals surface area contributed by atoms with Gasteiger partial charge in [0.1, 0.15) is 24.2 Å². The Balaban J connectivity index is 0.000000227. The molecule has 6 heterocycles. The van der Waals surface area contributed by atoms with Gasteiger partial charge in [0.2, 0.25) is 35.3 Å². The van der Waals surface area contributed by atoms with Crippen molar-refractivity contribution in [3.8, 4) is 11.1 Å². The number of ether oxygens (including phenoxy) is 1. The van der Waals surface area contributed by atoms with Crippen molar-refractivity contribution in [1.29, 1.82) is 0 Å². The fourth-order valence-corrected chi connectivity index (χ4v) is 15.0. The summed E-state index contributed by atoms with van der Waals surface area (Å²) < 4.78 is 19.5. The second-order valence-electron chi connectivity index (χ2n) is 32.5. The Labute approximate surface area is 721 Å². The molecule has 0 spiro atoms. The molecular formula is C85H120BBr2N19O13. The van der Waals surface area contributed by atoms with E-state index < -0.39 is 44.8 Å². The van der Waals surface area contributed by atoms with Crippen LogP contribution in [0.2, 0.25) is 0 Å². The molecule has 120 heavy (non-hydrogen) atoms. The van der Waals surface area contributed by atoms with E-state index in [1.54, 1.807) is 18.6 Å². The highest BCUT2D eigenvalue weighted by Gasteiger charge is 2.52. The quantitative estimate of drug-likeness (QED) is 0.0118. The van der Waals surface area contributed by atoms with Crippen LogP contribution >= 0.6 is 31.9 Å². The first-order valence-corrected chi connectivity index (χ1v) is 41.7. The summed E-state index contributed by atoms with van der Waals surface area (Å²) in [5.74, 6) is 4.01. The second kappa shape index (κ2) is 46.3. The van der Waals surface area contributed by atoms with E-state index in [1.807, 2.05) is 129 Å². The molecule has 12 rings (SSSR count). The lowest BCUT2D eigenvalue weighted by molar-refractivity contribution is -0.384. The van der Waals surface area contributed by atoms with Gasteiger partial charge in [-0.25, -0.2) is 19.7 Å². The zero-order chi connectivity index (χ0) is 85.3. The molecule has 4 fully saturated rings. The predicted molar refractivity (Wildman–Crippen MR) is 478 cm³/mol. The molecule has 8 aromatic rings. The summed E-state index contributed by atoms with van der Waals surface area (Å²) in [7, 11) is -0.455. The molecule has 3 saturated carbocycles. The largest absolute Gasteiger partial charge is 0.495 e. The highest BCUT2D eigenvalue weighted by molar-refractivity contribution is 9.10. The number of halogens is 2. The number of amides is 1. The number of anilines is 6. The minimum absolute atomic E-state index is 0. The van der Waals surface area contributed by atoms with Crippen molar-refractivity contribution in [2.45, 2.75) is 211 Å². The Bertz CT molecular complexity index is 4650. The molecule has 1 amide bonds. The molecule has 650 valence electrons. The number of hydrogen-bond acceptors (Lipinski definition) is 28. The van der Waals surface area contributed by atoms with Crippen LogP contribution < -0.4 is 48.4 Å². The first-order chi connectivity index (χ1) is 56.3. The maximum atomic E-state index is 11.6. The van der Waals surface area contributed by atoms with Gasteiger partial charge in [-0.1, -0.05) is 79.3 Å². The molecule has 0 bridgehead atoms. The summed E-state index contributed by atoms with van der Waals surface area (Å²) in [5, 5.41) is 84.1. The van der Waals surface area contributed by atoms with Crippen LogP contribution in [-0.4, -0.2) is 139 Å². The Kier molecular flexibility index (Phi) is 37.6. The van der Waals surface area contributed by atoms with Crippen molar-refractivity contribution in [2.24, 2.45) is 41.2 Å². The number of rotatable bonds is 29. The van der Waals surface area contributed by atoms with Gasteiger partial charge in [-0.3, -0.25) is 40.3 Å². The topological polar surface area (TPSA) is 448 Å². The third kappa shape index (κ3) is 28.7. The molecule has 12 N–H and O–H groups in total. The summed E-state index contributed by atoms with van der Waals surface area (Å²) in [6, 6.07) is 22.0. The molecule has 1 aliphatic heterocycles. The van der Waals surface area contributed by atoms with Gasteiger partial charge in [-0.2, -0.15) is 15.0 Å². The molecule has 5 aromatic heterocycles. The van der Waals surface area contributed by atoms with Gasteiger partial charge in [-0.15, -0.1) is 0 Å². The molecular weight excluding hydrogens is 1670 g/mol. The van der Waals surface area contributed by atoms with E-state index in [-0.39, 0.29) is 69.2 Å². The van der Waals surface area contributed by atoms with E-state index in [4.69, 9.17) is 19.8 Å². The summed E-state index contributed by atoms with van der Waals surface area (Å²) in [4.78, 5) is 78.3. The van der Waals surface area contributed by atoms with E-state index in [2.05, 4.69) is 122 Å². The minimum atomic E-state index is -0.473. The van der Waals surface area contributed by atoms with E-state index in [0.29, 0.717) is 106 Å². The van der Waals surface area contributed by atoms with Gasteiger partial charge in [0.25, 0.3) is 0 Å². The van der Waals surface area contributed by atoms with Gasteiger partial charge >= 0.3 is 30.3 Å². The van der Waals surface area contributed by atoms with Crippen molar-refractivity contribution in [1.82, 2.24) is 45.2 Å². The van der Waals surface area contributed by atoms with Crippen molar-refractivity contribution >= 4 is 103 Å². The highest BCUT2D eigenvalue weighted by atomic mass is 79.9. The number of nitrogens with zero attached hydrogens (tertiary/aromatic N) is 11. The van der Waals surface area contributed by atoms with Crippen LogP contribution in [0, 0.1) is 86.6 Å². The van der Waals surface area contributed by atoms with Crippen molar-refractivity contribution in [2.75, 3.05) is 71.4 Å². The number of benzene rings is 3. The number of aliphatic hydroxyl groups excluding tert-OH is 3. The van der Waals surface area contributed by atoms with Gasteiger partial charge in [-0.05, 0) is 271 Å². The normalized spacial score (nSPS) is 18.3. The van der Waals surface area contributed by atoms with Crippen molar-refractivity contribution in [3.63, 3.8) is 0 Å². The maximum absolute atomic E-state index is 11.6. The van der Waals surface area contributed by atoms with Crippen LogP contribution in [0.5, 0.6) is 0 Å². The first-order valence-electron chi connectivity index (χ1n) is 40.1. The van der Waals surface area contributed by atoms with Gasteiger partial charge in [0, 0.05) is 111 Å². The number of aromatic nitrogens is 8. The predicted octanol–water partition coefficient (Wildman–Crippen LogP) is 16.3. The van der Waals surface area contributed by atoms with E-state index >= 15 is 0 Å². The zero-order valence-corrected chi connectivity index (χ0v) is 72.0. The Morgan fingerprint density at radius 2 is 0.908 bits per heavy atom. The Morgan fingerprint density at radius 1 is 0.525 bits per heavy atom. The van der Waals surface area contributed by atoms with Gasteiger partial charge in [0.15, 0.2) is 0 Å². The monoisotopic (exact) mass is 1780 g/mol. The number of carbonyl (C=O) groups is 1. The number of aliphatic hydroxyl groups is 3. The summed E-state index contributed by atoms with van der Waals surface area (Å²) in [5.41, 5.74) is 15.4. The number of nitrogens with one attached hydrogen (secondary N) is 7. The molecule has 0 radical (unpaired) electrons. The van der Waals surface area contributed by atoms with Gasteiger partial charge < -0.3 is 72.3 Å². The van der Waals surface area contributed by atoms with Crippen molar-refractivity contribution < 1.29 is 48.9 Å². The lowest BCUT2D eigenvalue weighted by Crippen LogP contribution is -2.41. The third-order valence-electron chi connectivity index (χ3n) is 22.3. The van der Waals surface area contributed by atoms with Crippen molar-refractivity contribution in [3.05, 3.63) is 194 Å². The summed E-state index contributed by atoms with van der Waals surface area (Å²) in [6.45, 7) is 24.5. The third-order valence-corrected chi connectivity index (χ3v) is 23.6. The number of nitro groups is 3. The van der Waals surface area contributed by atoms with E-state index in [9.17, 15) is 50.5 Å². The number of carbonyl (C=O) groups excluding carboxylic acids is 1. The molecule has 3 aromatic carbocycles. The molecule has 1 saturated heterocycles. The average molecular weight is 1790 g/mol. The Morgan fingerprint density at radius 3 is 1.31 bits per heavy atom. The maximum Gasteiger partial charge on any atom is 0.495 e. The lowest BCUT2D eigenvalue weighted by atomic mass is 9.75. The smallest absolute Gasteiger partial charge is 0.444 e. The molecule has 0 unspecified atom stereocenters. The molecule has 0 atom stereocenters. The first kappa shape index (κ1) is 97.4. The van der Waals surface area contributed by atoms with Crippen LogP contribution in [0.15, 0.2) is 119 Å². The highest BCUT2D eigenvalue weighted by Crippen LogP contribution is 2.39. The summed E-state index contributed by atoms with van der Waals surface area (Å²) in [6.07, 6.45) is 22.1. The molecule has 4 aliphatic rings. The van der Waals surface area contributed by atoms with Crippen LogP contribution in [0.3, 0.4) is 0 Å². The number of hydrogen-bond donors (Lipinski definition) is 11. The Hall–Kier alpha value is -9.75. The number of nitrogens with two attached hydrogens (primary N) is 1. The second-order valence-corrected chi connectivity index (χ2v) is 34.2. The van der Waals surface area contributed by atoms with E-state index in [0.717, 1.165) is 147 Å². The number of pyridine rings is 2. The SMILES string of the molecule is C.C.CC(C)(C)OC(=O)NCc1cncc(Br)c1.Cc1c(Br)cccc1CNc1ncc([N+](=O)[O-])c(NCC2CCC(CO)CC2)n1.Cc1c(CNc2ncc([N+](=O)[O-])c(NCC3CCC(CO)CC3)n2)cccc1-c1cncc(CN)c1.Cc1c(CNc2ncc([N+](=O)[O-])c(NCC3CCC(CO)CC3)n2)cccc1B1OC(C)(C)C(C)(C)O1. The van der Waals surface area contributed by atoms with Crippen LogP contribution in [0.25, 0.3) is 11.1 Å². The van der Waals surface area contributed by atoms with Crippen LogP contribution in [0.1, 0.15) is 185 Å². The lowest BCUT2D eigenvalue weighted by Gasteiger charge is -2.32. The minimum Gasteiger partial charge on any atom is -0.444 e. The molecule has 32 nitrogen and oxygen atoms in total. The van der Waals surface area contributed by atoms with Crippen LogP contribution in [-0.2, 0) is 46.8 Å². The fraction of sp³-hybridized carbons (Fsp3) is 0.518. The van der Waals surface area contributed by atoms with Crippen LogP contribution in [0.4, 0.5) is 57.2 Å². The number of alkyl carbamates (subject to hydrolysis) is 1. The fourth-order valence-electron chi connectivity index (χ4n) is 14.2. The molecule has 35 heteroatoms. The zero-order valence-electron chi connectivity index (χ0n) is 68.9. The standard InChI is InChI=1S/C26H38BN5O5.C26H33N7O3.C20H26BrN5O3.C11H15BrN2O2.2CH4/c1-17-20(7-6-8-21(17)27-36-25(2,3)26(4,5)37-27)14-29-24-30-15-22(32(34)35)23(31-24)28-13-18-9-11-19(16-33)12-10-18;1-17-21(3-2-4-23(17)22-9-20(10-27)11-28-13-22)14-30-26-31-15-24(33(35)36)25(32-26)29-12-18-5-7-19(16-34)8-6-18;1-13-16(3-2-4-17(13)21)10-23-20-24-11-18(26(28)29)19(25-20)22-9-14-5-7-15(12-27)8-6-14;1-11(2,3)16-10(15)14-6-8-4-9(12)7-13-5-8;;/h6-8,15,18-19,33H,9-14,16H2,1-5H3,(H2,28,29,30,31);2-4,9,11,13,15,18-19,34H,5-8,10,12,14,16,27H2,1H3,(H2,29,30,31,32);2-4,11,14-15,27H,5-10,12H2,1H3,(H2,22,23,24,25);4-5,7H,6H2,1-3H3,(H,14,15);2*1H4. The summed E-state index contributed by atoms with van der Waals surface area (Å²) >= 11 is 6.83. The van der Waals surface area contributed by atoms with Gasteiger partial charge in [0.05, 0.1) is 26.0 Å². The average Bonchev–Trinajstić information content (AvgIpc) is 1.61.